The topological polar surface area (TPSA) is 89.3 Å². The van der Waals surface area contributed by atoms with E-state index < -0.39 is 16.6 Å². The Kier molecular flexibility index (Phi) is 4.32. The molecule has 2 aromatic carbocycles. The first-order valence-corrected chi connectivity index (χ1v) is 6.94. The van der Waals surface area contributed by atoms with E-state index in [1.54, 1.807) is 31.2 Å². The zero-order valence-electron chi connectivity index (χ0n) is 11.1. The number of nitrogens with one attached hydrogen (secondary N) is 1. The Morgan fingerprint density at radius 3 is 2.62 bits per heavy atom. The van der Waals surface area contributed by atoms with Crippen molar-refractivity contribution in [2.24, 2.45) is 0 Å². The normalized spacial score (nSPS) is 10.4. The molecule has 0 unspecified atom stereocenters. The van der Waals surface area contributed by atoms with Crippen molar-refractivity contribution >= 4 is 49.8 Å². The molecule has 0 aliphatic rings. The molecule has 0 saturated heterocycles. The van der Waals surface area contributed by atoms with Gasteiger partial charge in [0.1, 0.15) is 5.69 Å². The van der Waals surface area contributed by atoms with Crippen molar-refractivity contribution in [2.45, 2.75) is 13.3 Å². The van der Waals surface area contributed by atoms with Crippen molar-refractivity contribution in [1.82, 2.24) is 0 Å². The second-order valence-corrected chi connectivity index (χ2v) is 5.23. The first-order valence-electron chi connectivity index (χ1n) is 6.15. The Labute approximate surface area is 128 Å². The third-order valence-electron chi connectivity index (χ3n) is 2.96. The van der Waals surface area contributed by atoms with Crippen LogP contribution in [0.5, 0.6) is 0 Å². The van der Waals surface area contributed by atoms with E-state index in [-0.39, 0.29) is 17.8 Å². The largest absolute Gasteiger partial charge is 0.314 e. The number of hydrogen-bond acceptors (Lipinski definition) is 4. The molecule has 0 fully saturated rings. The van der Waals surface area contributed by atoms with E-state index >= 15 is 0 Å². The fourth-order valence-corrected chi connectivity index (χ4v) is 2.31. The van der Waals surface area contributed by atoms with Gasteiger partial charge in [-0.3, -0.25) is 19.7 Å². The lowest BCUT2D eigenvalue weighted by atomic mass is 10.1. The molecule has 7 heteroatoms. The van der Waals surface area contributed by atoms with Gasteiger partial charge in [0.2, 0.25) is 5.78 Å². The average Bonchev–Trinajstić information content (AvgIpc) is 2.45. The van der Waals surface area contributed by atoms with Gasteiger partial charge in [0.25, 0.3) is 5.91 Å². The minimum atomic E-state index is -0.850. The molecule has 0 aliphatic heterocycles. The number of nitrogens with zero attached hydrogens (tertiary/aromatic N) is 1. The molecule has 0 atom stereocenters. The SMILES string of the molecule is CCC(=O)C(=O)Nc1ccc2cc(Br)ccc2c1[N+](=O)[O-]. The number of anilines is 1. The second kappa shape index (κ2) is 6.01. The molecule has 0 heterocycles. The van der Waals surface area contributed by atoms with Crippen LogP contribution in [0.3, 0.4) is 0 Å². The van der Waals surface area contributed by atoms with Gasteiger partial charge in [-0.15, -0.1) is 0 Å². The van der Waals surface area contributed by atoms with E-state index in [1.807, 2.05) is 0 Å². The molecule has 2 rings (SSSR count). The van der Waals surface area contributed by atoms with Crippen LogP contribution in [0.4, 0.5) is 11.4 Å². The molecule has 0 aliphatic carbocycles. The number of halogens is 1. The highest BCUT2D eigenvalue weighted by molar-refractivity contribution is 9.10. The molecule has 1 N–H and O–H groups in total. The second-order valence-electron chi connectivity index (χ2n) is 4.32. The number of carbonyl (C=O) groups excluding carboxylic acids is 2. The zero-order valence-corrected chi connectivity index (χ0v) is 12.6. The van der Waals surface area contributed by atoms with Gasteiger partial charge in [-0.1, -0.05) is 28.9 Å². The Hall–Kier alpha value is -2.28. The summed E-state index contributed by atoms with van der Waals surface area (Å²) in [5.41, 5.74) is -0.209. The lowest BCUT2D eigenvalue weighted by molar-refractivity contribution is -0.382. The van der Waals surface area contributed by atoms with Gasteiger partial charge in [-0.05, 0) is 29.7 Å². The number of ketones is 1. The highest BCUT2D eigenvalue weighted by Crippen LogP contribution is 2.34. The number of Topliss-reactive ketones (excluding diaryl/α,β-unsaturated/α-hetero) is 1. The minimum absolute atomic E-state index is 0.0154. The molecule has 0 saturated carbocycles. The summed E-state index contributed by atoms with van der Waals surface area (Å²) in [4.78, 5) is 33.7. The van der Waals surface area contributed by atoms with Crippen LogP contribution in [0.2, 0.25) is 0 Å². The van der Waals surface area contributed by atoms with Gasteiger partial charge < -0.3 is 5.32 Å². The van der Waals surface area contributed by atoms with Crippen LogP contribution < -0.4 is 5.32 Å². The van der Waals surface area contributed by atoms with Crippen LogP contribution in [0, 0.1) is 10.1 Å². The Bertz CT molecular complexity index is 758. The third kappa shape index (κ3) is 3.08. The van der Waals surface area contributed by atoms with Crippen LogP contribution in [0.15, 0.2) is 34.8 Å². The Morgan fingerprint density at radius 2 is 2.00 bits per heavy atom. The smallest absolute Gasteiger partial charge is 0.300 e. The predicted molar refractivity (Wildman–Crippen MR) is 82.2 cm³/mol. The molecule has 2 aromatic rings. The molecule has 0 radical (unpaired) electrons. The lowest BCUT2D eigenvalue weighted by Gasteiger charge is -2.07. The first kappa shape index (κ1) is 15.1. The van der Waals surface area contributed by atoms with Crippen molar-refractivity contribution in [3.8, 4) is 0 Å². The predicted octanol–water partition coefficient (Wildman–Crippen LogP) is 3.43. The van der Waals surface area contributed by atoms with E-state index in [1.165, 1.54) is 6.07 Å². The average molecular weight is 351 g/mol. The fourth-order valence-electron chi connectivity index (χ4n) is 1.93. The summed E-state index contributed by atoms with van der Waals surface area (Å²) in [6, 6.07) is 8.09. The minimum Gasteiger partial charge on any atom is -0.314 e. The van der Waals surface area contributed by atoms with Gasteiger partial charge in [-0.2, -0.15) is 0 Å². The standard InChI is InChI=1S/C14H11BrN2O4/c1-2-12(18)14(19)16-11-6-3-8-7-9(15)4-5-10(8)13(11)17(20)21/h3-7H,2H2,1H3,(H,16,19). The van der Waals surface area contributed by atoms with Crippen molar-refractivity contribution < 1.29 is 14.5 Å². The van der Waals surface area contributed by atoms with E-state index in [9.17, 15) is 19.7 Å². The van der Waals surface area contributed by atoms with Crippen molar-refractivity contribution in [3.05, 3.63) is 44.9 Å². The molecular formula is C14H11BrN2O4. The zero-order chi connectivity index (χ0) is 15.6. The van der Waals surface area contributed by atoms with Gasteiger partial charge >= 0.3 is 5.69 Å². The fraction of sp³-hybridized carbons (Fsp3) is 0.143. The number of nitro groups is 1. The molecule has 1 amide bonds. The summed E-state index contributed by atoms with van der Waals surface area (Å²) in [6.45, 7) is 1.55. The van der Waals surface area contributed by atoms with E-state index in [4.69, 9.17) is 0 Å². The summed E-state index contributed by atoms with van der Waals surface area (Å²) < 4.78 is 0.794. The van der Waals surface area contributed by atoms with E-state index in [2.05, 4.69) is 21.2 Å². The maximum Gasteiger partial charge on any atom is 0.300 e. The van der Waals surface area contributed by atoms with Gasteiger partial charge in [0, 0.05) is 10.9 Å². The molecule has 6 nitrogen and oxygen atoms in total. The highest BCUT2D eigenvalue weighted by atomic mass is 79.9. The maximum atomic E-state index is 11.6. The van der Waals surface area contributed by atoms with Crippen LogP contribution in [0.25, 0.3) is 10.8 Å². The molecule has 0 spiro atoms. The molecular weight excluding hydrogens is 340 g/mol. The van der Waals surface area contributed by atoms with Crippen LogP contribution in [-0.4, -0.2) is 16.6 Å². The van der Waals surface area contributed by atoms with Crippen LogP contribution in [0.1, 0.15) is 13.3 Å². The number of benzene rings is 2. The number of rotatable bonds is 4. The summed E-state index contributed by atoms with van der Waals surface area (Å²) >= 11 is 3.30. The van der Waals surface area contributed by atoms with Gasteiger partial charge in [0.15, 0.2) is 0 Å². The van der Waals surface area contributed by atoms with Crippen molar-refractivity contribution in [3.63, 3.8) is 0 Å². The number of fused-ring (bicyclic) bond motifs is 1. The Balaban J connectivity index is 2.56. The molecule has 108 valence electrons. The van der Waals surface area contributed by atoms with Gasteiger partial charge in [0.05, 0.1) is 10.3 Å². The van der Waals surface area contributed by atoms with Gasteiger partial charge in [-0.25, -0.2) is 0 Å². The summed E-state index contributed by atoms with van der Waals surface area (Å²) in [6.07, 6.45) is 0.0418. The Morgan fingerprint density at radius 1 is 1.29 bits per heavy atom. The molecule has 0 bridgehead atoms. The maximum absolute atomic E-state index is 11.6. The van der Waals surface area contributed by atoms with Crippen LogP contribution in [-0.2, 0) is 9.59 Å². The summed E-state index contributed by atoms with van der Waals surface area (Å²) in [7, 11) is 0. The number of carbonyl (C=O) groups is 2. The van der Waals surface area contributed by atoms with Crippen LogP contribution >= 0.6 is 15.9 Å². The quantitative estimate of drug-likeness (QED) is 0.519. The van der Waals surface area contributed by atoms with Crippen molar-refractivity contribution in [2.75, 3.05) is 5.32 Å². The number of nitro benzene ring substituents is 1. The molecule has 21 heavy (non-hydrogen) atoms. The molecule has 0 aromatic heterocycles. The third-order valence-corrected chi connectivity index (χ3v) is 3.45. The van der Waals surface area contributed by atoms with E-state index in [0.717, 1.165) is 4.47 Å². The summed E-state index contributed by atoms with van der Waals surface area (Å²) in [5.74, 6) is -1.47. The summed E-state index contributed by atoms with van der Waals surface area (Å²) in [5, 5.41) is 14.7. The number of hydrogen-bond donors (Lipinski definition) is 1. The first-order chi connectivity index (χ1) is 9.93. The number of amides is 1. The lowest BCUT2D eigenvalue weighted by Crippen LogP contribution is -2.22. The van der Waals surface area contributed by atoms with E-state index in [0.29, 0.717) is 10.8 Å². The van der Waals surface area contributed by atoms with Crippen molar-refractivity contribution in [1.29, 1.82) is 0 Å². The highest BCUT2D eigenvalue weighted by Gasteiger charge is 2.22. The monoisotopic (exact) mass is 350 g/mol.